The first-order valence-electron chi connectivity index (χ1n) is 0.988. The van der Waals surface area contributed by atoms with Crippen molar-refractivity contribution in [3.63, 3.8) is 0 Å². The Labute approximate surface area is 43.6 Å². The van der Waals surface area contributed by atoms with Crippen LogP contribution in [0.15, 0.2) is 0 Å². The van der Waals surface area contributed by atoms with E-state index < -0.39 is 0 Å². The average Bonchev–Trinajstić information content (AvgIpc) is 1.41. The van der Waals surface area contributed by atoms with Gasteiger partial charge in [0.2, 0.25) is 0 Å². The van der Waals surface area contributed by atoms with Crippen LogP contribution in [0.4, 0.5) is 0 Å². The lowest BCUT2D eigenvalue weighted by molar-refractivity contribution is 0.679. The van der Waals surface area contributed by atoms with Gasteiger partial charge in [-0.05, 0) is 0 Å². The van der Waals surface area contributed by atoms with Crippen LogP contribution in [0.5, 0.6) is 0 Å². The van der Waals surface area contributed by atoms with E-state index in [-0.39, 0.29) is 0 Å². The Morgan fingerprint density at radius 2 is 1.60 bits per heavy atom. The summed E-state index contributed by atoms with van der Waals surface area (Å²) >= 11 is 7.15. The molecule has 0 aromatic rings. The summed E-state index contributed by atoms with van der Waals surface area (Å²) < 4.78 is 4.31. The summed E-state index contributed by atoms with van der Waals surface area (Å²) in [4.78, 5) is 0. The molecule has 0 aromatic heterocycles. The third kappa shape index (κ3) is 4.79. The number of rotatable bonds is 2. The van der Waals surface area contributed by atoms with Crippen molar-refractivity contribution in [2.24, 2.45) is 0 Å². The van der Waals surface area contributed by atoms with Crippen molar-refractivity contribution in [3.8, 4) is 0 Å². The van der Waals surface area contributed by atoms with Crippen LogP contribution >= 0.6 is 25.0 Å². The molecule has 0 saturated carbocycles. The molecular weight excluding hydrogens is 102 g/mol. The zero-order valence-electron chi connectivity index (χ0n) is 2.46. The van der Waals surface area contributed by atoms with Crippen LogP contribution in [0, 0.1) is 0 Å². The highest BCUT2D eigenvalue weighted by molar-refractivity contribution is 8.08. The second-order valence-electron chi connectivity index (χ2n) is 0.347. The van der Waals surface area contributed by atoms with Gasteiger partial charge in [-0.2, -0.15) is 25.0 Å². The van der Waals surface area contributed by atoms with E-state index in [0.29, 0.717) is 0 Å². The van der Waals surface area contributed by atoms with Crippen LogP contribution in [0.2, 0.25) is 0 Å². The highest BCUT2D eigenvalue weighted by Crippen LogP contribution is 1.70. The Hall–Kier alpha value is 0.790. The van der Waals surface area contributed by atoms with E-state index in [1.165, 1.54) is 13.5 Å². The molecule has 0 bridgehead atoms. The van der Waals surface area contributed by atoms with Crippen molar-refractivity contribution < 1.29 is 4.57 Å². The van der Waals surface area contributed by atoms with Gasteiger partial charge in [-0.3, -0.25) is 0 Å². The Kier molecular flexibility index (Phi) is 5.55. The van der Waals surface area contributed by atoms with E-state index in [1.54, 1.807) is 0 Å². The summed E-state index contributed by atoms with van der Waals surface area (Å²) in [6.45, 7) is 2.49. The molecule has 5 heavy (non-hydrogen) atoms. The third-order valence-corrected chi connectivity index (χ3v) is 0.365. The molecule has 0 aliphatic rings. The smallest absolute Gasteiger partial charge is 0.352 e. The maximum absolute atomic E-state index is 4.31. The van der Waals surface area contributed by atoms with Crippen molar-refractivity contribution in [1.82, 2.24) is 0 Å². The zero-order chi connectivity index (χ0) is 4.12. The Morgan fingerprint density at radius 1 is 1.20 bits per heavy atom. The van der Waals surface area contributed by atoms with Crippen molar-refractivity contribution in [2.45, 2.75) is 0 Å². The number of hydrogen-bond donors (Lipinski definition) is 2. The minimum atomic E-state index is 1.24. The van der Waals surface area contributed by atoms with Gasteiger partial charge in [-0.25, -0.2) is 0 Å². The molecule has 0 heterocycles. The van der Waals surface area contributed by atoms with E-state index in [1.807, 2.05) is 0 Å². The number of thiol groups is 2. The van der Waals surface area contributed by atoms with E-state index in [9.17, 15) is 0 Å². The van der Waals surface area contributed by atoms with Crippen LogP contribution in [-0.2, 0) is 4.57 Å². The molecule has 26 valence electrons. The lowest BCUT2D eigenvalue weighted by atomic mass is 10.4. The topological polar surface area (TPSA) is 9.23 Å². The predicted octanol–water partition coefficient (Wildman–Crippen LogP) is -0.0690. The van der Waals surface area contributed by atoms with Gasteiger partial charge in [0.1, 0.15) is 0 Å². The summed E-state index contributed by atoms with van der Waals surface area (Å²) in [6.07, 6.45) is 0. The predicted molar refractivity (Wildman–Crippen MR) is 30.6 cm³/mol. The highest BCUT2D eigenvalue weighted by Gasteiger charge is 1.76. The largest absolute Gasteiger partial charge is 0.488 e. The van der Waals surface area contributed by atoms with Crippen LogP contribution in [0.25, 0.3) is 0 Å². The van der Waals surface area contributed by atoms with Crippen molar-refractivity contribution in [3.05, 3.63) is 0 Å². The molecule has 0 fully saturated rings. The third-order valence-electron chi connectivity index (χ3n) is 0.122. The second-order valence-corrected chi connectivity index (χ2v) is 0.769. The summed E-state index contributed by atoms with van der Waals surface area (Å²) in [5.74, 6) is 0. The second kappa shape index (κ2) is 4.79. The summed E-state index contributed by atoms with van der Waals surface area (Å²) in [6, 6.07) is 0. The minimum absolute atomic E-state index is 1.24. The molecule has 0 spiro atoms. The fourth-order valence-corrected chi connectivity index (χ4v) is 0.245. The summed E-state index contributed by atoms with van der Waals surface area (Å²) in [5.41, 5.74) is 0. The number of hydrogen-bond acceptors (Lipinski definition) is 3. The van der Waals surface area contributed by atoms with Crippen LogP contribution in [-0.4, -0.2) is 13.5 Å². The quantitative estimate of drug-likeness (QED) is 0.368. The van der Waals surface area contributed by atoms with Crippen molar-refractivity contribution in [1.29, 1.82) is 0 Å². The SMILES string of the molecule is S[B]O[B]S. The fraction of sp³-hybridized carbons (Fsp3) is 0. The van der Waals surface area contributed by atoms with Gasteiger partial charge >= 0.3 is 13.5 Å². The van der Waals surface area contributed by atoms with Crippen LogP contribution in [0.1, 0.15) is 0 Å². The molecule has 0 aromatic carbocycles. The van der Waals surface area contributed by atoms with Gasteiger partial charge in [0, 0.05) is 0 Å². The molecule has 0 N–H and O–H groups in total. The molecule has 0 unspecified atom stereocenters. The van der Waals surface area contributed by atoms with Crippen LogP contribution in [0.3, 0.4) is 0 Å². The first-order chi connectivity index (χ1) is 2.41. The zero-order valence-corrected chi connectivity index (χ0v) is 4.25. The molecule has 0 amide bonds. The first-order valence-corrected chi connectivity index (χ1v) is 2.02. The Balaban J connectivity index is 2.19. The van der Waals surface area contributed by atoms with Gasteiger partial charge in [0.25, 0.3) is 0 Å². The summed E-state index contributed by atoms with van der Waals surface area (Å²) in [5, 5.41) is 0. The molecule has 1 nitrogen and oxygen atoms in total. The Bertz CT molecular complexity index is 15.1. The standard InChI is InChI=1S/B2H2OS2/c4-1-3-2-5/h4-5H. The fourth-order valence-electron chi connectivity index (χ4n) is 0.0272. The van der Waals surface area contributed by atoms with E-state index in [0.717, 1.165) is 0 Å². The molecule has 0 rings (SSSR count). The van der Waals surface area contributed by atoms with Gasteiger partial charge in [0.05, 0.1) is 0 Å². The molecule has 0 aliphatic heterocycles. The van der Waals surface area contributed by atoms with Gasteiger partial charge < -0.3 is 4.57 Å². The molecular formula is H2B2OS2. The maximum Gasteiger partial charge on any atom is 0.352 e. The first kappa shape index (κ1) is 5.79. The van der Waals surface area contributed by atoms with Crippen molar-refractivity contribution in [2.75, 3.05) is 0 Å². The van der Waals surface area contributed by atoms with E-state index in [4.69, 9.17) is 0 Å². The molecule has 2 radical (unpaired) electrons. The van der Waals surface area contributed by atoms with E-state index in [2.05, 4.69) is 29.5 Å². The van der Waals surface area contributed by atoms with Gasteiger partial charge in [-0.1, -0.05) is 0 Å². The van der Waals surface area contributed by atoms with Gasteiger partial charge in [-0.15, -0.1) is 0 Å². The maximum atomic E-state index is 4.31. The van der Waals surface area contributed by atoms with Crippen molar-refractivity contribution >= 4 is 38.5 Å². The lowest BCUT2D eigenvalue weighted by Gasteiger charge is -1.80. The van der Waals surface area contributed by atoms with Crippen LogP contribution < -0.4 is 0 Å². The molecule has 0 saturated heterocycles. The van der Waals surface area contributed by atoms with Gasteiger partial charge in [0.15, 0.2) is 0 Å². The normalized spacial score (nSPS) is 6.80. The molecule has 5 heteroatoms. The lowest BCUT2D eigenvalue weighted by Crippen LogP contribution is -1.88. The summed E-state index contributed by atoms with van der Waals surface area (Å²) in [7, 11) is 0. The Morgan fingerprint density at radius 3 is 1.60 bits per heavy atom. The van der Waals surface area contributed by atoms with E-state index >= 15 is 0 Å². The highest BCUT2D eigenvalue weighted by atomic mass is 32.1. The average molecular weight is 104 g/mol. The molecule has 0 atom stereocenters. The monoisotopic (exact) mass is 104 g/mol. The molecule has 0 aliphatic carbocycles. The minimum Gasteiger partial charge on any atom is -0.488 e.